The van der Waals surface area contributed by atoms with Crippen molar-refractivity contribution in [1.29, 1.82) is 0 Å². The predicted molar refractivity (Wildman–Crippen MR) is 62.8 cm³/mol. The number of benzene rings is 1. The Labute approximate surface area is 105 Å². The fourth-order valence-corrected chi connectivity index (χ4v) is 3.43. The molecule has 0 saturated heterocycles. The van der Waals surface area contributed by atoms with E-state index >= 15 is 0 Å². The van der Waals surface area contributed by atoms with Gasteiger partial charge in [-0.25, -0.2) is 0 Å². The molecule has 2 fully saturated rings. The van der Waals surface area contributed by atoms with E-state index in [1.165, 1.54) is 12.8 Å². The van der Waals surface area contributed by atoms with Crippen molar-refractivity contribution in [2.24, 2.45) is 5.41 Å². The summed E-state index contributed by atoms with van der Waals surface area (Å²) in [5, 5.41) is 9.57. The van der Waals surface area contributed by atoms with E-state index in [-0.39, 0.29) is 6.79 Å². The summed E-state index contributed by atoms with van der Waals surface area (Å²) in [5.41, 5.74) is 0.503. The molecule has 2 saturated carbocycles. The third-order valence-electron chi connectivity index (χ3n) is 4.65. The van der Waals surface area contributed by atoms with Crippen LogP contribution in [0.2, 0.25) is 0 Å². The van der Waals surface area contributed by atoms with Gasteiger partial charge in [-0.15, -0.1) is 0 Å². The number of fused-ring (bicyclic) bond motifs is 1. The molecule has 4 nitrogen and oxygen atoms in total. The molecule has 0 bridgehead atoms. The summed E-state index contributed by atoms with van der Waals surface area (Å²) >= 11 is 0. The molecule has 4 rings (SSSR count). The fraction of sp³-hybridized carbons (Fsp3) is 0.500. The monoisotopic (exact) mass is 246 g/mol. The van der Waals surface area contributed by atoms with E-state index in [1.54, 1.807) is 0 Å². The molecule has 1 aliphatic heterocycles. The van der Waals surface area contributed by atoms with E-state index < -0.39 is 11.4 Å². The Morgan fingerprint density at radius 2 is 1.89 bits per heavy atom. The van der Waals surface area contributed by atoms with Crippen LogP contribution in [0.3, 0.4) is 0 Å². The Balaban J connectivity index is 1.74. The maximum absolute atomic E-state index is 11.6. The zero-order valence-corrected chi connectivity index (χ0v) is 9.94. The number of carbonyl (C=O) groups is 1. The lowest BCUT2D eigenvalue weighted by atomic mass is 9.56. The van der Waals surface area contributed by atoms with E-state index in [1.807, 2.05) is 18.2 Å². The first kappa shape index (κ1) is 10.2. The second kappa shape index (κ2) is 2.99. The highest BCUT2D eigenvalue weighted by Crippen LogP contribution is 2.69. The predicted octanol–water partition coefficient (Wildman–Crippen LogP) is 2.31. The minimum atomic E-state index is -0.709. The molecule has 1 spiro atoms. The summed E-state index contributed by atoms with van der Waals surface area (Å²) in [5.74, 6) is 0.670. The number of carboxylic acid groups (broad SMARTS) is 1. The summed E-state index contributed by atoms with van der Waals surface area (Å²) in [6.07, 6.45) is 3.92. The van der Waals surface area contributed by atoms with Crippen LogP contribution in [0, 0.1) is 5.41 Å². The van der Waals surface area contributed by atoms with E-state index in [0.717, 1.165) is 18.4 Å². The lowest BCUT2D eigenvalue weighted by molar-refractivity contribution is -0.150. The van der Waals surface area contributed by atoms with Crippen molar-refractivity contribution in [3.05, 3.63) is 23.8 Å². The molecule has 0 atom stereocenters. The summed E-state index contributed by atoms with van der Waals surface area (Å²) in [4.78, 5) is 11.6. The van der Waals surface area contributed by atoms with Gasteiger partial charge in [0, 0.05) is 0 Å². The highest BCUT2D eigenvalue weighted by Gasteiger charge is 2.65. The largest absolute Gasteiger partial charge is 0.481 e. The van der Waals surface area contributed by atoms with Crippen molar-refractivity contribution >= 4 is 5.97 Å². The van der Waals surface area contributed by atoms with E-state index in [0.29, 0.717) is 16.9 Å². The van der Waals surface area contributed by atoms with Gasteiger partial charge in [0.05, 0.1) is 5.41 Å². The molecule has 18 heavy (non-hydrogen) atoms. The van der Waals surface area contributed by atoms with Crippen LogP contribution >= 0.6 is 0 Å². The van der Waals surface area contributed by atoms with Gasteiger partial charge < -0.3 is 14.6 Å². The van der Waals surface area contributed by atoms with Gasteiger partial charge in [0.15, 0.2) is 11.5 Å². The minimum absolute atomic E-state index is 0.225. The van der Waals surface area contributed by atoms with Crippen LogP contribution in [0.25, 0.3) is 0 Å². The lowest BCUT2D eigenvalue weighted by Crippen LogP contribution is -2.49. The van der Waals surface area contributed by atoms with Crippen molar-refractivity contribution < 1.29 is 19.4 Å². The van der Waals surface area contributed by atoms with Gasteiger partial charge in [0.25, 0.3) is 0 Å². The van der Waals surface area contributed by atoms with Crippen molar-refractivity contribution in [1.82, 2.24) is 0 Å². The van der Waals surface area contributed by atoms with Gasteiger partial charge in [0.1, 0.15) is 0 Å². The lowest BCUT2D eigenvalue weighted by Gasteiger charge is -2.45. The minimum Gasteiger partial charge on any atom is -0.481 e. The van der Waals surface area contributed by atoms with Crippen molar-refractivity contribution in [3.8, 4) is 11.5 Å². The summed E-state index contributed by atoms with van der Waals surface area (Å²) in [6, 6.07) is 5.53. The second-order valence-corrected chi connectivity index (χ2v) is 5.81. The second-order valence-electron chi connectivity index (χ2n) is 5.81. The molecule has 94 valence electrons. The summed E-state index contributed by atoms with van der Waals surface area (Å²) in [7, 11) is 0. The van der Waals surface area contributed by atoms with Crippen molar-refractivity contribution in [3.63, 3.8) is 0 Å². The number of hydrogen-bond acceptors (Lipinski definition) is 3. The average molecular weight is 246 g/mol. The molecule has 0 unspecified atom stereocenters. The number of ether oxygens (including phenoxy) is 2. The van der Waals surface area contributed by atoms with Gasteiger partial charge in [-0.05, 0) is 48.8 Å². The number of carboxylic acids is 1. The summed E-state index contributed by atoms with van der Waals surface area (Å²) in [6.45, 7) is 0.225. The number of aliphatic carboxylic acids is 1. The topological polar surface area (TPSA) is 55.8 Å². The van der Waals surface area contributed by atoms with Crippen LogP contribution < -0.4 is 9.47 Å². The Morgan fingerprint density at radius 1 is 1.17 bits per heavy atom. The van der Waals surface area contributed by atoms with Crippen LogP contribution in [0.1, 0.15) is 31.2 Å². The van der Waals surface area contributed by atoms with Crippen LogP contribution in [0.5, 0.6) is 11.5 Å². The number of hydrogen-bond donors (Lipinski definition) is 1. The van der Waals surface area contributed by atoms with Crippen LogP contribution in [0.4, 0.5) is 0 Å². The molecule has 1 aromatic carbocycles. The Kier molecular flexibility index (Phi) is 1.70. The van der Waals surface area contributed by atoms with Crippen LogP contribution in [-0.4, -0.2) is 17.9 Å². The van der Waals surface area contributed by atoms with E-state index in [2.05, 4.69) is 0 Å². The van der Waals surface area contributed by atoms with Crippen LogP contribution in [-0.2, 0) is 10.2 Å². The van der Waals surface area contributed by atoms with Gasteiger partial charge in [-0.3, -0.25) is 4.79 Å². The average Bonchev–Trinajstić information content (AvgIpc) is 2.96. The zero-order valence-electron chi connectivity index (χ0n) is 9.94. The molecule has 1 N–H and O–H groups in total. The zero-order chi connectivity index (χ0) is 12.4. The normalized spacial score (nSPS) is 24.7. The van der Waals surface area contributed by atoms with Gasteiger partial charge >= 0.3 is 5.97 Å². The Hall–Kier alpha value is -1.71. The standard InChI is InChI=1S/C14H14O4/c15-12(16)14(6-13(7-14)3-4-13)9-1-2-10-11(5-9)18-8-17-10/h1-2,5H,3-4,6-8H2,(H,15,16). The first-order chi connectivity index (χ1) is 8.64. The smallest absolute Gasteiger partial charge is 0.314 e. The molecule has 0 radical (unpaired) electrons. The van der Waals surface area contributed by atoms with Crippen LogP contribution in [0.15, 0.2) is 18.2 Å². The quantitative estimate of drug-likeness (QED) is 0.870. The molecule has 1 aromatic rings. The molecule has 0 aromatic heterocycles. The van der Waals surface area contributed by atoms with Crippen molar-refractivity contribution in [2.75, 3.05) is 6.79 Å². The van der Waals surface area contributed by atoms with Gasteiger partial charge in [0.2, 0.25) is 6.79 Å². The van der Waals surface area contributed by atoms with E-state index in [9.17, 15) is 9.90 Å². The van der Waals surface area contributed by atoms with Gasteiger partial charge in [-0.2, -0.15) is 0 Å². The Bertz CT molecular complexity index is 537. The van der Waals surface area contributed by atoms with E-state index in [4.69, 9.17) is 9.47 Å². The molecular weight excluding hydrogens is 232 g/mol. The first-order valence-electron chi connectivity index (χ1n) is 6.27. The van der Waals surface area contributed by atoms with Gasteiger partial charge in [-0.1, -0.05) is 6.07 Å². The maximum atomic E-state index is 11.6. The molecule has 4 heteroatoms. The molecule has 2 aliphatic carbocycles. The summed E-state index contributed by atoms with van der Waals surface area (Å²) < 4.78 is 10.6. The van der Waals surface area contributed by atoms with Crippen molar-refractivity contribution in [2.45, 2.75) is 31.1 Å². The molecule has 0 amide bonds. The highest BCUT2D eigenvalue weighted by atomic mass is 16.7. The fourth-order valence-electron chi connectivity index (χ4n) is 3.43. The third kappa shape index (κ3) is 1.18. The third-order valence-corrected chi connectivity index (χ3v) is 4.65. The number of rotatable bonds is 2. The maximum Gasteiger partial charge on any atom is 0.314 e. The Morgan fingerprint density at radius 3 is 2.56 bits per heavy atom. The first-order valence-corrected chi connectivity index (χ1v) is 6.27. The molecular formula is C14H14O4. The molecule has 1 heterocycles. The SMILES string of the molecule is O=C(O)C1(c2ccc3c(c2)OCO3)CC2(CC2)C1. The molecule has 3 aliphatic rings. The highest BCUT2D eigenvalue weighted by molar-refractivity contribution is 5.84.